The van der Waals surface area contributed by atoms with Crippen LogP contribution >= 0.6 is 11.6 Å². The minimum absolute atomic E-state index is 0.327. The molecule has 0 N–H and O–H groups in total. The summed E-state index contributed by atoms with van der Waals surface area (Å²) in [7, 11) is 0. The fraction of sp³-hybridized carbons (Fsp3) is 0.500. The molecule has 100 valence electrons. The number of carbonyl (C=O) groups excluding carboxylic acids is 1. The zero-order valence-electron chi connectivity index (χ0n) is 11.4. The van der Waals surface area contributed by atoms with Gasteiger partial charge in [-0.1, -0.05) is 18.5 Å². The van der Waals surface area contributed by atoms with Gasteiger partial charge >= 0.3 is 6.09 Å². The summed E-state index contributed by atoms with van der Waals surface area (Å²) >= 11 is 5.84. The maximum absolute atomic E-state index is 12.1. The standard InChI is InChI=1S/C14H20ClNO2/c1-5-10-16(13(17)18-14(2,3)4)12-8-6-11(15)7-9-12/h6-9H,5,10H2,1-4H3. The Balaban J connectivity index is 2.88. The molecule has 1 amide bonds. The molecular weight excluding hydrogens is 250 g/mol. The summed E-state index contributed by atoms with van der Waals surface area (Å²) in [4.78, 5) is 13.7. The van der Waals surface area contributed by atoms with Gasteiger partial charge in [-0.05, 0) is 51.5 Å². The minimum Gasteiger partial charge on any atom is -0.443 e. The van der Waals surface area contributed by atoms with Crippen LogP contribution in [-0.4, -0.2) is 18.2 Å². The molecule has 18 heavy (non-hydrogen) atoms. The van der Waals surface area contributed by atoms with Crippen molar-refractivity contribution in [1.29, 1.82) is 0 Å². The molecule has 3 nitrogen and oxygen atoms in total. The van der Waals surface area contributed by atoms with Crippen molar-refractivity contribution in [2.24, 2.45) is 0 Å². The average Bonchev–Trinajstić information content (AvgIpc) is 2.25. The molecule has 0 aliphatic heterocycles. The summed E-state index contributed by atoms with van der Waals surface area (Å²) in [6.07, 6.45) is 0.536. The Morgan fingerprint density at radius 1 is 1.28 bits per heavy atom. The zero-order chi connectivity index (χ0) is 13.8. The van der Waals surface area contributed by atoms with Gasteiger partial charge in [0.15, 0.2) is 0 Å². The number of rotatable bonds is 3. The van der Waals surface area contributed by atoms with Gasteiger partial charge in [0.2, 0.25) is 0 Å². The van der Waals surface area contributed by atoms with Crippen molar-refractivity contribution in [3.05, 3.63) is 29.3 Å². The Morgan fingerprint density at radius 3 is 2.28 bits per heavy atom. The third-order valence-corrected chi connectivity index (χ3v) is 2.45. The minimum atomic E-state index is -0.491. The second kappa shape index (κ2) is 6.10. The van der Waals surface area contributed by atoms with Gasteiger partial charge in [0, 0.05) is 17.3 Å². The van der Waals surface area contributed by atoms with E-state index >= 15 is 0 Å². The lowest BCUT2D eigenvalue weighted by Crippen LogP contribution is -2.37. The molecule has 0 radical (unpaired) electrons. The Labute approximate surface area is 114 Å². The van der Waals surface area contributed by atoms with Crippen LogP contribution in [0, 0.1) is 0 Å². The van der Waals surface area contributed by atoms with E-state index in [9.17, 15) is 4.79 Å². The number of benzene rings is 1. The second-order valence-electron chi connectivity index (χ2n) is 5.11. The van der Waals surface area contributed by atoms with E-state index in [0.29, 0.717) is 11.6 Å². The lowest BCUT2D eigenvalue weighted by molar-refractivity contribution is 0.0580. The number of anilines is 1. The zero-order valence-corrected chi connectivity index (χ0v) is 12.1. The van der Waals surface area contributed by atoms with Gasteiger partial charge in [0.05, 0.1) is 0 Å². The van der Waals surface area contributed by atoms with Crippen LogP contribution in [0.5, 0.6) is 0 Å². The van der Waals surface area contributed by atoms with Crippen molar-refractivity contribution in [3.63, 3.8) is 0 Å². The van der Waals surface area contributed by atoms with E-state index in [1.165, 1.54) is 0 Å². The first-order chi connectivity index (χ1) is 8.33. The summed E-state index contributed by atoms with van der Waals surface area (Å²) < 4.78 is 5.39. The van der Waals surface area contributed by atoms with Gasteiger partial charge in [-0.2, -0.15) is 0 Å². The smallest absolute Gasteiger partial charge is 0.414 e. The van der Waals surface area contributed by atoms with Gasteiger partial charge in [0.1, 0.15) is 5.60 Å². The molecule has 1 rings (SSSR count). The van der Waals surface area contributed by atoms with Crippen molar-refractivity contribution >= 4 is 23.4 Å². The molecule has 0 unspecified atom stereocenters. The molecule has 0 saturated heterocycles. The fourth-order valence-electron chi connectivity index (χ4n) is 1.49. The third-order valence-electron chi connectivity index (χ3n) is 2.20. The first-order valence-electron chi connectivity index (χ1n) is 6.09. The molecule has 0 aromatic heterocycles. The topological polar surface area (TPSA) is 29.5 Å². The van der Waals surface area contributed by atoms with Crippen LogP contribution in [0.15, 0.2) is 24.3 Å². The second-order valence-corrected chi connectivity index (χ2v) is 5.54. The summed E-state index contributed by atoms with van der Waals surface area (Å²) in [5.41, 5.74) is 0.311. The highest BCUT2D eigenvalue weighted by Gasteiger charge is 2.22. The van der Waals surface area contributed by atoms with E-state index in [4.69, 9.17) is 16.3 Å². The molecule has 0 bridgehead atoms. The van der Waals surface area contributed by atoms with Crippen molar-refractivity contribution in [3.8, 4) is 0 Å². The summed E-state index contributed by atoms with van der Waals surface area (Å²) in [6.45, 7) is 8.22. The average molecular weight is 270 g/mol. The van der Waals surface area contributed by atoms with Crippen LogP contribution in [-0.2, 0) is 4.74 Å². The Bertz CT molecular complexity index is 395. The van der Waals surface area contributed by atoms with Crippen LogP contribution < -0.4 is 4.90 Å². The van der Waals surface area contributed by atoms with Crippen LogP contribution in [0.25, 0.3) is 0 Å². The van der Waals surface area contributed by atoms with Crippen LogP contribution in [0.1, 0.15) is 34.1 Å². The monoisotopic (exact) mass is 269 g/mol. The Kier molecular flexibility index (Phi) is 5.03. The molecule has 0 aliphatic rings. The number of hydrogen-bond donors (Lipinski definition) is 0. The number of nitrogens with zero attached hydrogens (tertiary/aromatic N) is 1. The predicted octanol–water partition coefficient (Wildman–Crippen LogP) is 4.49. The quantitative estimate of drug-likeness (QED) is 0.809. The maximum atomic E-state index is 12.1. The predicted molar refractivity (Wildman–Crippen MR) is 75.3 cm³/mol. The van der Waals surface area contributed by atoms with Crippen molar-refractivity contribution in [2.75, 3.05) is 11.4 Å². The fourth-order valence-corrected chi connectivity index (χ4v) is 1.61. The highest BCUT2D eigenvalue weighted by molar-refractivity contribution is 6.30. The van der Waals surface area contributed by atoms with Crippen molar-refractivity contribution in [1.82, 2.24) is 0 Å². The third kappa shape index (κ3) is 4.57. The van der Waals surface area contributed by atoms with E-state index in [-0.39, 0.29) is 6.09 Å². The van der Waals surface area contributed by atoms with Crippen LogP contribution in [0.3, 0.4) is 0 Å². The van der Waals surface area contributed by atoms with Crippen molar-refractivity contribution in [2.45, 2.75) is 39.7 Å². The summed E-state index contributed by atoms with van der Waals surface area (Å²) in [6, 6.07) is 7.18. The summed E-state index contributed by atoms with van der Waals surface area (Å²) in [5, 5.41) is 0.652. The first-order valence-corrected chi connectivity index (χ1v) is 6.47. The first kappa shape index (κ1) is 14.8. The SMILES string of the molecule is CCCN(C(=O)OC(C)(C)C)c1ccc(Cl)cc1. The van der Waals surface area contributed by atoms with E-state index in [2.05, 4.69) is 0 Å². The van der Waals surface area contributed by atoms with E-state index in [1.54, 1.807) is 17.0 Å². The molecule has 1 aromatic rings. The molecule has 0 fully saturated rings. The van der Waals surface area contributed by atoms with E-state index in [1.807, 2.05) is 39.8 Å². The van der Waals surface area contributed by atoms with Gasteiger partial charge in [-0.15, -0.1) is 0 Å². The maximum Gasteiger partial charge on any atom is 0.414 e. The normalized spacial score (nSPS) is 11.2. The van der Waals surface area contributed by atoms with Gasteiger partial charge in [-0.25, -0.2) is 4.79 Å². The number of carbonyl (C=O) groups is 1. The van der Waals surface area contributed by atoms with Crippen molar-refractivity contribution < 1.29 is 9.53 Å². The largest absolute Gasteiger partial charge is 0.443 e. The molecular formula is C14H20ClNO2. The number of amides is 1. The molecule has 0 saturated carbocycles. The van der Waals surface area contributed by atoms with Gasteiger partial charge in [-0.3, -0.25) is 4.90 Å². The molecule has 4 heteroatoms. The van der Waals surface area contributed by atoms with Gasteiger partial charge in [0.25, 0.3) is 0 Å². The molecule has 1 aromatic carbocycles. The molecule has 0 aliphatic carbocycles. The van der Waals surface area contributed by atoms with E-state index in [0.717, 1.165) is 12.1 Å². The highest BCUT2D eigenvalue weighted by Crippen LogP contribution is 2.21. The van der Waals surface area contributed by atoms with Crippen LogP contribution in [0.2, 0.25) is 5.02 Å². The van der Waals surface area contributed by atoms with Crippen LogP contribution in [0.4, 0.5) is 10.5 Å². The molecule has 0 spiro atoms. The molecule has 0 atom stereocenters. The Hall–Kier alpha value is -1.22. The highest BCUT2D eigenvalue weighted by atomic mass is 35.5. The lowest BCUT2D eigenvalue weighted by atomic mass is 10.2. The summed E-state index contributed by atoms with van der Waals surface area (Å²) in [5.74, 6) is 0. The number of ether oxygens (including phenoxy) is 1. The van der Waals surface area contributed by atoms with Gasteiger partial charge < -0.3 is 4.74 Å². The molecule has 0 heterocycles. The number of hydrogen-bond acceptors (Lipinski definition) is 2. The van der Waals surface area contributed by atoms with E-state index < -0.39 is 5.60 Å². The number of halogens is 1. The lowest BCUT2D eigenvalue weighted by Gasteiger charge is -2.27. The Morgan fingerprint density at radius 2 is 1.83 bits per heavy atom.